The van der Waals surface area contributed by atoms with Crippen molar-refractivity contribution in [3.63, 3.8) is 0 Å². The SMILES string of the molecule is Nc1ccc(Nc2ccc(O)c(C(=O)O)c2)c2c1C(=O)c1ccccc1C2=O. The average molecular weight is 374 g/mol. The third-order valence-electron chi connectivity index (χ3n) is 4.61. The summed E-state index contributed by atoms with van der Waals surface area (Å²) in [5, 5.41) is 21.8. The van der Waals surface area contributed by atoms with Crippen molar-refractivity contribution in [2.75, 3.05) is 11.1 Å². The van der Waals surface area contributed by atoms with Gasteiger partial charge in [-0.25, -0.2) is 4.79 Å². The summed E-state index contributed by atoms with van der Waals surface area (Å²) in [6.45, 7) is 0. The molecule has 1 aliphatic rings. The molecule has 0 fully saturated rings. The van der Waals surface area contributed by atoms with Gasteiger partial charge in [-0.1, -0.05) is 24.3 Å². The quantitative estimate of drug-likeness (QED) is 0.320. The van der Waals surface area contributed by atoms with Crippen LogP contribution in [0.2, 0.25) is 0 Å². The minimum atomic E-state index is -1.29. The fourth-order valence-electron chi connectivity index (χ4n) is 3.29. The number of nitrogens with two attached hydrogens (primary N) is 1. The number of phenols is 1. The van der Waals surface area contributed by atoms with Crippen molar-refractivity contribution in [1.29, 1.82) is 0 Å². The van der Waals surface area contributed by atoms with Gasteiger partial charge in [0.05, 0.1) is 16.8 Å². The molecule has 0 atom stereocenters. The van der Waals surface area contributed by atoms with E-state index in [9.17, 15) is 19.5 Å². The maximum absolute atomic E-state index is 13.1. The second kappa shape index (κ2) is 6.24. The van der Waals surface area contributed by atoms with Crippen LogP contribution in [0.5, 0.6) is 5.75 Å². The number of hydrogen-bond donors (Lipinski definition) is 4. The van der Waals surface area contributed by atoms with Crippen LogP contribution < -0.4 is 11.1 Å². The maximum atomic E-state index is 13.1. The highest BCUT2D eigenvalue weighted by Gasteiger charge is 2.33. The number of carboxylic acid groups (broad SMARTS) is 1. The van der Waals surface area contributed by atoms with Crippen LogP contribution in [-0.4, -0.2) is 27.7 Å². The Bertz CT molecular complexity index is 1180. The van der Waals surface area contributed by atoms with Crippen molar-refractivity contribution in [3.05, 3.63) is 82.4 Å². The Morgan fingerprint density at radius 2 is 1.54 bits per heavy atom. The lowest BCUT2D eigenvalue weighted by molar-refractivity contribution is 0.0693. The van der Waals surface area contributed by atoms with Crippen molar-refractivity contribution in [2.45, 2.75) is 0 Å². The summed E-state index contributed by atoms with van der Waals surface area (Å²) in [6.07, 6.45) is 0. The molecule has 5 N–H and O–H groups in total. The molecule has 0 saturated heterocycles. The summed E-state index contributed by atoms with van der Waals surface area (Å²) < 4.78 is 0. The van der Waals surface area contributed by atoms with Crippen LogP contribution in [0.15, 0.2) is 54.6 Å². The highest BCUT2D eigenvalue weighted by Crippen LogP contribution is 2.36. The number of hydrogen-bond acceptors (Lipinski definition) is 6. The molecule has 0 radical (unpaired) electrons. The highest BCUT2D eigenvalue weighted by molar-refractivity contribution is 6.31. The predicted molar refractivity (Wildman–Crippen MR) is 103 cm³/mol. The van der Waals surface area contributed by atoms with Gasteiger partial charge in [-0.15, -0.1) is 0 Å². The number of carboxylic acids is 1. The number of benzene rings is 3. The zero-order valence-corrected chi connectivity index (χ0v) is 14.4. The standard InChI is InChI=1S/C21H14N2O5/c22-14-6-7-15(23-10-5-8-16(24)13(9-10)21(27)28)18-17(14)19(25)11-3-1-2-4-12(11)20(18)26/h1-9,23-24H,22H2,(H,27,28). The predicted octanol–water partition coefficient (Wildman–Crippen LogP) is 3.19. The van der Waals surface area contributed by atoms with Crippen molar-refractivity contribution in [1.82, 2.24) is 0 Å². The van der Waals surface area contributed by atoms with Crippen molar-refractivity contribution in [3.8, 4) is 5.75 Å². The largest absolute Gasteiger partial charge is 0.507 e. The first-order valence-electron chi connectivity index (χ1n) is 8.32. The molecule has 28 heavy (non-hydrogen) atoms. The Hall–Kier alpha value is -4.13. The first kappa shape index (κ1) is 17.3. The Morgan fingerprint density at radius 3 is 2.18 bits per heavy atom. The van der Waals surface area contributed by atoms with Gasteiger partial charge in [0.2, 0.25) is 0 Å². The number of fused-ring (bicyclic) bond motifs is 2. The van der Waals surface area contributed by atoms with Gasteiger partial charge in [0.1, 0.15) is 11.3 Å². The van der Waals surface area contributed by atoms with Gasteiger partial charge in [-0.05, 0) is 30.3 Å². The van der Waals surface area contributed by atoms with Crippen LogP contribution in [0.1, 0.15) is 42.2 Å². The van der Waals surface area contributed by atoms with E-state index in [4.69, 9.17) is 10.8 Å². The van der Waals surface area contributed by atoms with Crippen LogP contribution in [0.4, 0.5) is 17.1 Å². The number of aromatic hydroxyl groups is 1. The van der Waals surface area contributed by atoms with E-state index in [1.807, 2.05) is 0 Å². The van der Waals surface area contributed by atoms with Gasteiger partial charge in [-0.2, -0.15) is 0 Å². The summed E-state index contributed by atoms with van der Waals surface area (Å²) in [4.78, 5) is 37.2. The number of carbonyl (C=O) groups is 3. The molecule has 0 unspecified atom stereocenters. The number of nitrogen functional groups attached to an aromatic ring is 1. The lowest BCUT2D eigenvalue weighted by Gasteiger charge is -2.22. The smallest absolute Gasteiger partial charge is 0.339 e. The molecule has 0 bridgehead atoms. The third kappa shape index (κ3) is 2.57. The molecule has 3 aromatic carbocycles. The Kier molecular flexibility index (Phi) is 3.85. The van der Waals surface area contributed by atoms with Gasteiger partial charge < -0.3 is 21.3 Å². The molecule has 1 aliphatic carbocycles. The molecule has 4 rings (SSSR count). The van der Waals surface area contributed by atoms with Gasteiger partial charge in [0.25, 0.3) is 0 Å². The molecular weight excluding hydrogens is 360 g/mol. The van der Waals surface area contributed by atoms with Crippen LogP contribution in [0, 0.1) is 0 Å². The van der Waals surface area contributed by atoms with E-state index >= 15 is 0 Å². The van der Waals surface area contributed by atoms with Gasteiger partial charge >= 0.3 is 5.97 Å². The molecule has 0 heterocycles. The van der Waals surface area contributed by atoms with Gasteiger partial charge in [0, 0.05) is 22.5 Å². The molecule has 0 spiro atoms. The number of aromatic carboxylic acids is 1. The van der Waals surface area contributed by atoms with E-state index in [1.54, 1.807) is 30.3 Å². The lowest BCUT2D eigenvalue weighted by atomic mass is 9.82. The fourth-order valence-corrected chi connectivity index (χ4v) is 3.29. The van der Waals surface area contributed by atoms with Gasteiger partial charge in [-0.3, -0.25) is 9.59 Å². The molecule has 0 amide bonds. The highest BCUT2D eigenvalue weighted by atomic mass is 16.4. The van der Waals surface area contributed by atoms with Crippen LogP contribution in [-0.2, 0) is 0 Å². The molecule has 7 nitrogen and oxygen atoms in total. The average Bonchev–Trinajstić information content (AvgIpc) is 2.68. The second-order valence-corrected chi connectivity index (χ2v) is 6.32. The number of anilines is 3. The summed E-state index contributed by atoms with van der Waals surface area (Å²) >= 11 is 0. The zero-order chi connectivity index (χ0) is 20.0. The number of ketones is 2. The molecule has 138 valence electrons. The molecule has 0 aromatic heterocycles. The first-order chi connectivity index (χ1) is 13.4. The van der Waals surface area contributed by atoms with Crippen molar-refractivity contribution >= 4 is 34.6 Å². The maximum Gasteiger partial charge on any atom is 0.339 e. The molecule has 7 heteroatoms. The van der Waals surface area contributed by atoms with E-state index < -0.39 is 5.97 Å². The lowest BCUT2D eigenvalue weighted by Crippen LogP contribution is -2.23. The Balaban J connectivity index is 1.86. The van der Waals surface area contributed by atoms with Crippen molar-refractivity contribution in [2.24, 2.45) is 0 Å². The van der Waals surface area contributed by atoms with E-state index in [1.165, 1.54) is 24.3 Å². The van der Waals surface area contributed by atoms with Crippen LogP contribution >= 0.6 is 0 Å². The molecule has 0 saturated carbocycles. The number of rotatable bonds is 3. The molecule has 3 aromatic rings. The first-order valence-corrected chi connectivity index (χ1v) is 8.32. The third-order valence-corrected chi connectivity index (χ3v) is 4.61. The summed E-state index contributed by atoms with van der Waals surface area (Å²) in [5.41, 5.74) is 7.36. The minimum Gasteiger partial charge on any atom is -0.507 e. The Morgan fingerprint density at radius 1 is 0.893 bits per heavy atom. The van der Waals surface area contributed by atoms with E-state index in [-0.39, 0.29) is 45.3 Å². The second-order valence-electron chi connectivity index (χ2n) is 6.32. The van der Waals surface area contributed by atoms with E-state index in [0.29, 0.717) is 16.9 Å². The van der Waals surface area contributed by atoms with Crippen molar-refractivity contribution < 1.29 is 24.6 Å². The number of nitrogens with one attached hydrogen (secondary N) is 1. The number of carbonyl (C=O) groups excluding carboxylic acids is 2. The van der Waals surface area contributed by atoms with E-state index in [2.05, 4.69) is 5.32 Å². The summed E-state index contributed by atoms with van der Waals surface area (Å²) in [7, 11) is 0. The summed E-state index contributed by atoms with van der Waals surface area (Å²) in [5.74, 6) is -2.36. The minimum absolute atomic E-state index is 0.117. The zero-order valence-electron chi connectivity index (χ0n) is 14.4. The monoisotopic (exact) mass is 374 g/mol. The van der Waals surface area contributed by atoms with E-state index in [0.717, 1.165) is 0 Å². The molecule has 0 aliphatic heterocycles. The Labute approximate surface area is 159 Å². The topological polar surface area (TPSA) is 130 Å². The van der Waals surface area contributed by atoms with Crippen LogP contribution in [0.25, 0.3) is 0 Å². The fraction of sp³-hybridized carbons (Fsp3) is 0. The summed E-state index contributed by atoms with van der Waals surface area (Å²) in [6, 6.07) is 13.5. The normalized spacial score (nSPS) is 12.3. The van der Waals surface area contributed by atoms with Crippen LogP contribution in [0.3, 0.4) is 0 Å². The van der Waals surface area contributed by atoms with Gasteiger partial charge in [0.15, 0.2) is 11.6 Å². The molecular formula is C21H14N2O5.